The molecule has 140 valence electrons. The van der Waals surface area contributed by atoms with Crippen LogP contribution in [0.3, 0.4) is 0 Å². The minimum atomic E-state index is -0.481. The van der Waals surface area contributed by atoms with Gasteiger partial charge in [-0.15, -0.1) is 0 Å². The first-order valence-corrected chi connectivity index (χ1v) is 8.80. The highest BCUT2D eigenvalue weighted by molar-refractivity contribution is 5.90. The van der Waals surface area contributed by atoms with E-state index in [1.807, 2.05) is 42.8 Å². The average Bonchev–Trinajstić information content (AvgIpc) is 3.19. The summed E-state index contributed by atoms with van der Waals surface area (Å²) in [6.45, 7) is 5.43. The van der Waals surface area contributed by atoms with Crippen molar-refractivity contribution in [2.45, 2.75) is 20.8 Å². The summed E-state index contributed by atoms with van der Waals surface area (Å²) < 4.78 is 7.00. The van der Waals surface area contributed by atoms with E-state index in [0.29, 0.717) is 0 Å². The summed E-state index contributed by atoms with van der Waals surface area (Å²) in [6.07, 6.45) is 3.36. The summed E-state index contributed by atoms with van der Waals surface area (Å²) in [5, 5.41) is 21.8. The van der Waals surface area contributed by atoms with Crippen molar-refractivity contribution in [1.29, 1.82) is 0 Å². The van der Waals surface area contributed by atoms with Crippen LogP contribution in [0.25, 0.3) is 28.6 Å². The van der Waals surface area contributed by atoms with Gasteiger partial charge in [-0.3, -0.25) is 10.1 Å². The van der Waals surface area contributed by atoms with Gasteiger partial charge in [-0.2, -0.15) is 5.10 Å². The Morgan fingerprint density at radius 1 is 1.04 bits per heavy atom. The van der Waals surface area contributed by atoms with Crippen LogP contribution in [0.15, 0.2) is 47.0 Å². The molecule has 0 fully saturated rings. The van der Waals surface area contributed by atoms with Crippen LogP contribution in [0, 0.1) is 30.9 Å². The lowest BCUT2D eigenvalue weighted by atomic mass is 10.1. The molecule has 0 saturated heterocycles. The molecule has 0 unspecified atom stereocenters. The van der Waals surface area contributed by atoms with Crippen molar-refractivity contribution in [1.82, 2.24) is 14.9 Å². The Labute approximate surface area is 161 Å². The molecule has 0 amide bonds. The highest BCUT2D eigenvalue weighted by Gasteiger charge is 2.22. The molecule has 2 heterocycles. The second kappa shape index (κ2) is 6.77. The molecule has 2 aromatic carbocycles. The molecular weight excluding hydrogens is 356 g/mol. The first-order valence-electron chi connectivity index (χ1n) is 8.80. The lowest BCUT2D eigenvalue weighted by molar-refractivity contribution is -0.386. The van der Waals surface area contributed by atoms with E-state index in [1.54, 1.807) is 19.1 Å². The number of rotatable bonds is 4. The van der Waals surface area contributed by atoms with Gasteiger partial charge in [-0.1, -0.05) is 41.6 Å². The fraction of sp³-hybridized carbons (Fsp3) is 0.143. The standard InChI is InChI=1S/C21H18N4O3/c1-13-17(11-12-20-21(25(26)27)14(2)23-28-20)15(3)24(22-13)19-10-6-8-16-7-4-5-9-18(16)19/h4-12H,1-3H3/b12-11+. The van der Waals surface area contributed by atoms with Gasteiger partial charge in [-0.25, -0.2) is 4.68 Å². The normalized spacial score (nSPS) is 11.5. The van der Waals surface area contributed by atoms with Crippen molar-refractivity contribution in [2.75, 3.05) is 0 Å². The van der Waals surface area contributed by atoms with Crippen LogP contribution < -0.4 is 0 Å². The molecule has 0 aliphatic carbocycles. The molecule has 4 rings (SSSR count). The predicted octanol–water partition coefficient (Wildman–Crippen LogP) is 5.02. The van der Waals surface area contributed by atoms with Crippen LogP contribution in [0.5, 0.6) is 0 Å². The molecule has 0 saturated carbocycles. The number of hydrogen-bond acceptors (Lipinski definition) is 5. The van der Waals surface area contributed by atoms with Gasteiger partial charge in [0, 0.05) is 16.6 Å². The van der Waals surface area contributed by atoms with Crippen molar-refractivity contribution >= 4 is 28.6 Å². The van der Waals surface area contributed by atoms with E-state index in [2.05, 4.69) is 23.4 Å². The Morgan fingerprint density at radius 2 is 1.79 bits per heavy atom. The average molecular weight is 374 g/mol. The number of nitro groups is 1. The number of aryl methyl sites for hydroxylation is 2. The van der Waals surface area contributed by atoms with Gasteiger partial charge in [0.1, 0.15) is 0 Å². The van der Waals surface area contributed by atoms with Gasteiger partial charge in [0.2, 0.25) is 5.76 Å². The summed E-state index contributed by atoms with van der Waals surface area (Å²) in [4.78, 5) is 10.7. The van der Waals surface area contributed by atoms with E-state index in [1.165, 1.54) is 0 Å². The van der Waals surface area contributed by atoms with Crippen molar-refractivity contribution in [3.8, 4) is 5.69 Å². The topological polar surface area (TPSA) is 87.0 Å². The van der Waals surface area contributed by atoms with E-state index in [0.717, 1.165) is 33.4 Å². The molecule has 0 radical (unpaired) electrons. The second-order valence-electron chi connectivity index (χ2n) is 6.57. The van der Waals surface area contributed by atoms with E-state index in [9.17, 15) is 10.1 Å². The quantitative estimate of drug-likeness (QED) is 0.370. The van der Waals surface area contributed by atoms with Crippen LogP contribution in [-0.4, -0.2) is 19.9 Å². The molecule has 0 bridgehead atoms. The first kappa shape index (κ1) is 17.7. The fourth-order valence-electron chi connectivity index (χ4n) is 3.40. The van der Waals surface area contributed by atoms with Crippen molar-refractivity contribution in [2.24, 2.45) is 0 Å². The minimum absolute atomic E-state index is 0.118. The summed E-state index contributed by atoms with van der Waals surface area (Å²) in [5.74, 6) is 0.124. The van der Waals surface area contributed by atoms with E-state index >= 15 is 0 Å². The minimum Gasteiger partial charge on any atom is -0.349 e. The van der Waals surface area contributed by atoms with E-state index < -0.39 is 4.92 Å². The highest BCUT2D eigenvalue weighted by atomic mass is 16.6. The van der Waals surface area contributed by atoms with Crippen LogP contribution in [-0.2, 0) is 0 Å². The Bertz CT molecular complexity index is 1230. The zero-order chi connectivity index (χ0) is 19.8. The van der Waals surface area contributed by atoms with Gasteiger partial charge >= 0.3 is 5.69 Å². The van der Waals surface area contributed by atoms with Crippen LogP contribution in [0.4, 0.5) is 5.69 Å². The van der Waals surface area contributed by atoms with E-state index in [-0.39, 0.29) is 17.1 Å². The SMILES string of the molecule is Cc1nn(-c2cccc3ccccc23)c(C)c1/C=C/c1onc(C)c1[N+](=O)[O-]. The van der Waals surface area contributed by atoms with Crippen molar-refractivity contribution < 1.29 is 9.45 Å². The molecule has 0 aliphatic heterocycles. The Kier molecular flexibility index (Phi) is 4.27. The molecule has 7 heteroatoms. The Hall–Kier alpha value is -3.74. The molecule has 7 nitrogen and oxygen atoms in total. The van der Waals surface area contributed by atoms with Gasteiger partial charge < -0.3 is 4.52 Å². The maximum Gasteiger partial charge on any atom is 0.338 e. The van der Waals surface area contributed by atoms with Gasteiger partial charge in [0.05, 0.1) is 16.3 Å². The number of nitrogens with zero attached hydrogens (tertiary/aromatic N) is 4. The summed E-state index contributed by atoms with van der Waals surface area (Å²) >= 11 is 0. The van der Waals surface area contributed by atoms with Gasteiger partial charge in [-0.05, 0) is 44.4 Å². The van der Waals surface area contributed by atoms with Gasteiger partial charge in [0.15, 0.2) is 5.69 Å². The molecule has 0 spiro atoms. The molecule has 4 aromatic rings. The largest absolute Gasteiger partial charge is 0.349 e. The predicted molar refractivity (Wildman–Crippen MR) is 107 cm³/mol. The summed E-state index contributed by atoms with van der Waals surface area (Å²) in [6, 6.07) is 14.2. The highest BCUT2D eigenvalue weighted by Crippen LogP contribution is 2.28. The summed E-state index contributed by atoms with van der Waals surface area (Å²) in [5.41, 5.74) is 3.76. The number of fused-ring (bicyclic) bond motifs is 1. The van der Waals surface area contributed by atoms with Gasteiger partial charge in [0.25, 0.3) is 0 Å². The third-order valence-corrected chi connectivity index (χ3v) is 4.78. The third-order valence-electron chi connectivity index (χ3n) is 4.78. The lowest BCUT2D eigenvalue weighted by Gasteiger charge is -2.08. The van der Waals surface area contributed by atoms with Crippen LogP contribution >= 0.6 is 0 Å². The van der Waals surface area contributed by atoms with Crippen molar-refractivity contribution in [3.05, 3.63) is 81.0 Å². The number of benzene rings is 2. The Morgan fingerprint density at radius 3 is 2.57 bits per heavy atom. The third kappa shape index (κ3) is 2.87. The first-order chi connectivity index (χ1) is 13.5. The second-order valence-corrected chi connectivity index (χ2v) is 6.57. The number of aromatic nitrogens is 3. The molecule has 0 aliphatic rings. The van der Waals surface area contributed by atoms with Crippen molar-refractivity contribution in [3.63, 3.8) is 0 Å². The molecule has 0 N–H and O–H groups in total. The maximum absolute atomic E-state index is 11.2. The monoisotopic (exact) mass is 374 g/mol. The Balaban J connectivity index is 1.80. The van der Waals surface area contributed by atoms with Crippen LogP contribution in [0.2, 0.25) is 0 Å². The zero-order valence-electron chi connectivity index (χ0n) is 15.7. The van der Waals surface area contributed by atoms with Crippen LogP contribution in [0.1, 0.15) is 28.4 Å². The van der Waals surface area contributed by atoms with E-state index in [4.69, 9.17) is 9.62 Å². The fourth-order valence-corrected chi connectivity index (χ4v) is 3.40. The number of hydrogen-bond donors (Lipinski definition) is 0. The zero-order valence-corrected chi connectivity index (χ0v) is 15.7. The molecule has 2 aromatic heterocycles. The summed E-state index contributed by atoms with van der Waals surface area (Å²) in [7, 11) is 0. The molecular formula is C21H18N4O3. The molecule has 28 heavy (non-hydrogen) atoms. The smallest absolute Gasteiger partial charge is 0.338 e. The maximum atomic E-state index is 11.2. The molecule has 0 atom stereocenters. The lowest BCUT2D eigenvalue weighted by Crippen LogP contribution is -2.00.